The summed E-state index contributed by atoms with van der Waals surface area (Å²) in [6.07, 6.45) is 1.57. The lowest BCUT2D eigenvalue weighted by Crippen LogP contribution is -2.18. The molecule has 0 heterocycles. The number of ether oxygens (including phenoxy) is 2. The van der Waals surface area contributed by atoms with Crippen LogP contribution in [0.3, 0.4) is 0 Å². The van der Waals surface area contributed by atoms with E-state index >= 15 is 0 Å². The first-order valence-corrected chi connectivity index (χ1v) is 8.60. The molecule has 2 aromatic carbocycles. The molecule has 0 atom stereocenters. The van der Waals surface area contributed by atoms with Crippen molar-refractivity contribution >= 4 is 12.1 Å². The Bertz CT molecular complexity index is 775. The van der Waals surface area contributed by atoms with Crippen LogP contribution in [0.4, 0.5) is 0 Å². The Morgan fingerprint density at radius 3 is 2.38 bits per heavy atom. The van der Waals surface area contributed by atoms with E-state index in [1.54, 1.807) is 19.4 Å². The van der Waals surface area contributed by atoms with E-state index in [2.05, 4.69) is 31.3 Å². The molecule has 2 aromatic rings. The molecule has 26 heavy (non-hydrogen) atoms. The highest BCUT2D eigenvalue weighted by molar-refractivity contribution is 5.95. The molecular weight excluding hydrogens is 328 g/mol. The van der Waals surface area contributed by atoms with Crippen LogP contribution in [0.2, 0.25) is 0 Å². The third-order valence-corrected chi connectivity index (χ3v) is 3.88. The fourth-order valence-electron chi connectivity index (χ4n) is 2.39. The third kappa shape index (κ3) is 5.09. The van der Waals surface area contributed by atoms with Crippen molar-refractivity contribution in [3.63, 3.8) is 0 Å². The van der Waals surface area contributed by atoms with Crippen molar-refractivity contribution in [1.82, 2.24) is 5.43 Å². The Balaban J connectivity index is 2.02. The Labute approximate surface area is 155 Å². The van der Waals surface area contributed by atoms with Crippen molar-refractivity contribution in [2.75, 3.05) is 13.7 Å². The fraction of sp³-hybridized carbons (Fsp3) is 0.333. The summed E-state index contributed by atoms with van der Waals surface area (Å²) in [7, 11) is 1.59. The van der Waals surface area contributed by atoms with Crippen LogP contribution in [-0.4, -0.2) is 25.8 Å². The summed E-state index contributed by atoms with van der Waals surface area (Å²) in [4.78, 5) is 12.2. The van der Waals surface area contributed by atoms with Gasteiger partial charge in [-0.05, 0) is 53.8 Å². The highest BCUT2D eigenvalue weighted by Crippen LogP contribution is 2.27. The Morgan fingerprint density at radius 1 is 1.12 bits per heavy atom. The molecule has 2 rings (SSSR count). The molecule has 0 aliphatic rings. The number of amides is 1. The average molecular weight is 354 g/mol. The molecule has 5 heteroatoms. The number of nitrogens with one attached hydrogen (secondary N) is 1. The van der Waals surface area contributed by atoms with Crippen molar-refractivity contribution in [2.24, 2.45) is 5.10 Å². The largest absolute Gasteiger partial charge is 0.493 e. The van der Waals surface area contributed by atoms with Crippen LogP contribution in [0.15, 0.2) is 47.6 Å². The predicted molar refractivity (Wildman–Crippen MR) is 104 cm³/mol. The van der Waals surface area contributed by atoms with E-state index in [0.29, 0.717) is 23.7 Å². The van der Waals surface area contributed by atoms with Gasteiger partial charge in [-0.15, -0.1) is 0 Å². The van der Waals surface area contributed by atoms with E-state index in [1.165, 1.54) is 5.56 Å². The SMILES string of the molecule is CCOc1ccc(/C=N\NC(=O)c2ccc(C(C)(C)C)cc2)cc1OC. The summed E-state index contributed by atoms with van der Waals surface area (Å²) in [5, 5.41) is 4.02. The molecule has 0 aliphatic carbocycles. The normalized spacial score (nSPS) is 11.4. The van der Waals surface area contributed by atoms with Crippen molar-refractivity contribution < 1.29 is 14.3 Å². The minimum atomic E-state index is -0.250. The number of benzene rings is 2. The standard InChI is InChI=1S/C21H26N2O3/c1-6-26-18-12-7-15(13-19(18)25-5)14-22-23-20(24)16-8-10-17(11-9-16)21(2,3)4/h7-14H,6H2,1-5H3,(H,23,24)/b22-14-. The summed E-state index contributed by atoms with van der Waals surface area (Å²) in [6, 6.07) is 13.0. The number of hydrogen-bond donors (Lipinski definition) is 1. The smallest absolute Gasteiger partial charge is 0.271 e. The summed E-state index contributed by atoms with van der Waals surface area (Å²) in [5.74, 6) is 1.05. The number of carbonyl (C=O) groups is 1. The summed E-state index contributed by atoms with van der Waals surface area (Å²) < 4.78 is 10.8. The van der Waals surface area contributed by atoms with Crippen LogP contribution in [-0.2, 0) is 5.41 Å². The van der Waals surface area contributed by atoms with Gasteiger partial charge in [0.1, 0.15) is 0 Å². The fourth-order valence-corrected chi connectivity index (χ4v) is 2.39. The number of rotatable bonds is 6. The molecule has 0 aliphatic heterocycles. The summed E-state index contributed by atoms with van der Waals surface area (Å²) in [5.41, 5.74) is 5.15. The summed E-state index contributed by atoms with van der Waals surface area (Å²) in [6.45, 7) is 8.89. The lowest BCUT2D eigenvalue weighted by atomic mass is 9.87. The molecule has 0 unspecified atom stereocenters. The van der Waals surface area contributed by atoms with Gasteiger partial charge in [-0.1, -0.05) is 32.9 Å². The van der Waals surface area contributed by atoms with E-state index in [0.717, 1.165) is 5.56 Å². The second kappa shape index (κ2) is 8.52. The van der Waals surface area contributed by atoms with Crippen molar-refractivity contribution in [3.05, 3.63) is 59.2 Å². The first-order valence-electron chi connectivity index (χ1n) is 8.60. The van der Waals surface area contributed by atoms with Gasteiger partial charge in [0, 0.05) is 5.56 Å². The molecule has 0 bridgehead atoms. The second-order valence-electron chi connectivity index (χ2n) is 6.87. The maximum absolute atomic E-state index is 12.2. The van der Waals surface area contributed by atoms with Crippen LogP contribution < -0.4 is 14.9 Å². The minimum absolute atomic E-state index is 0.0554. The first kappa shape index (κ1) is 19.5. The molecule has 0 spiro atoms. The van der Waals surface area contributed by atoms with Gasteiger partial charge < -0.3 is 9.47 Å². The van der Waals surface area contributed by atoms with E-state index < -0.39 is 0 Å². The van der Waals surface area contributed by atoms with Crippen molar-refractivity contribution in [3.8, 4) is 11.5 Å². The molecule has 0 saturated carbocycles. The molecule has 0 saturated heterocycles. The highest BCUT2D eigenvalue weighted by atomic mass is 16.5. The summed E-state index contributed by atoms with van der Waals surface area (Å²) >= 11 is 0. The van der Waals surface area contributed by atoms with Crippen LogP contribution in [0.25, 0.3) is 0 Å². The molecule has 138 valence electrons. The highest BCUT2D eigenvalue weighted by Gasteiger charge is 2.14. The van der Waals surface area contributed by atoms with Crippen LogP contribution >= 0.6 is 0 Å². The monoisotopic (exact) mass is 354 g/mol. The van der Waals surface area contributed by atoms with E-state index in [4.69, 9.17) is 9.47 Å². The van der Waals surface area contributed by atoms with Gasteiger partial charge in [-0.2, -0.15) is 5.10 Å². The average Bonchev–Trinajstić information content (AvgIpc) is 2.62. The maximum atomic E-state index is 12.2. The number of nitrogens with zero attached hydrogens (tertiary/aromatic N) is 1. The molecular formula is C21H26N2O3. The third-order valence-electron chi connectivity index (χ3n) is 3.88. The second-order valence-corrected chi connectivity index (χ2v) is 6.87. The Hall–Kier alpha value is -2.82. The quantitative estimate of drug-likeness (QED) is 0.626. The van der Waals surface area contributed by atoms with Crippen LogP contribution in [0.5, 0.6) is 11.5 Å². The van der Waals surface area contributed by atoms with Crippen LogP contribution in [0.1, 0.15) is 49.2 Å². The van der Waals surface area contributed by atoms with Gasteiger partial charge in [0.2, 0.25) is 0 Å². The van der Waals surface area contributed by atoms with E-state index in [-0.39, 0.29) is 11.3 Å². The van der Waals surface area contributed by atoms with E-state index in [9.17, 15) is 4.79 Å². The van der Waals surface area contributed by atoms with Gasteiger partial charge in [0.15, 0.2) is 11.5 Å². The predicted octanol–water partition coefficient (Wildman–Crippen LogP) is 4.16. The molecule has 0 aromatic heterocycles. The maximum Gasteiger partial charge on any atom is 0.271 e. The van der Waals surface area contributed by atoms with Crippen LogP contribution in [0, 0.1) is 0 Å². The van der Waals surface area contributed by atoms with Gasteiger partial charge >= 0.3 is 0 Å². The van der Waals surface area contributed by atoms with E-state index in [1.807, 2.05) is 43.3 Å². The lowest BCUT2D eigenvalue weighted by Gasteiger charge is -2.18. The zero-order chi connectivity index (χ0) is 19.2. The molecule has 1 N–H and O–H groups in total. The Morgan fingerprint density at radius 2 is 1.81 bits per heavy atom. The topological polar surface area (TPSA) is 59.9 Å². The van der Waals surface area contributed by atoms with Gasteiger partial charge in [-0.3, -0.25) is 4.79 Å². The molecule has 0 radical (unpaired) electrons. The van der Waals surface area contributed by atoms with Gasteiger partial charge in [-0.25, -0.2) is 5.43 Å². The molecule has 5 nitrogen and oxygen atoms in total. The minimum Gasteiger partial charge on any atom is -0.493 e. The van der Waals surface area contributed by atoms with Gasteiger partial charge in [0.25, 0.3) is 5.91 Å². The van der Waals surface area contributed by atoms with Crippen molar-refractivity contribution in [1.29, 1.82) is 0 Å². The first-order chi connectivity index (χ1) is 12.3. The number of hydrazone groups is 1. The number of carbonyl (C=O) groups excluding carboxylic acids is 1. The lowest BCUT2D eigenvalue weighted by molar-refractivity contribution is 0.0955. The van der Waals surface area contributed by atoms with Gasteiger partial charge in [0.05, 0.1) is 19.9 Å². The number of methoxy groups -OCH3 is 1. The zero-order valence-corrected chi connectivity index (χ0v) is 16.0. The van der Waals surface area contributed by atoms with Crippen molar-refractivity contribution in [2.45, 2.75) is 33.1 Å². The Kier molecular flexibility index (Phi) is 6.39. The molecule has 1 amide bonds. The number of hydrogen-bond acceptors (Lipinski definition) is 4. The zero-order valence-electron chi connectivity index (χ0n) is 16.0. The molecule has 0 fully saturated rings.